The Balaban J connectivity index is 3.21. The first-order chi connectivity index (χ1) is 11.6. The second-order valence-electron chi connectivity index (χ2n) is 6.26. The van der Waals surface area contributed by atoms with Crippen LogP contribution in [0.2, 0.25) is 0 Å². The highest BCUT2D eigenvalue weighted by molar-refractivity contribution is 7.89. The van der Waals surface area contributed by atoms with Crippen LogP contribution in [0.1, 0.15) is 44.0 Å². The molecule has 1 unspecified atom stereocenters. The minimum absolute atomic E-state index is 0.0292. The molecule has 0 aliphatic heterocycles. The van der Waals surface area contributed by atoms with Gasteiger partial charge >= 0.3 is 5.97 Å². The van der Waals surface area contributed by atoms with E-state index in [1.54, 1.807) is 27.0 Å². The Morgan fingerprint density at radius 1 is 1.24 bits per heavy atom. The highest BCUT2D eigenvalue weighted by Crippen LogP contribution is 2.19. The SMILES string of the molecule is CCCCN(C)C(=O)c1ccccc1S(=O)(=O)NC(C(=O)O)C(C)C. The van der Waals surface area contributed by atoms with Crippen molar-refractivity contribution in [2.45, 2.75) is 44.6 Å². The maximum atomic E-state index is 12.7. The average molecular weight is 370 g/mol. The number of carbonyl (C=O) groups is 2. The van der Waals surface area contributed by atoms with Gasteiger partial charge in [-0.1, -0.05) is 39.3 Å². The molecule has 1 amide bonds. The molecular formula is C17H26N2O5S. The third kappa shape index (κ3) is 5.54. The highest BCUT2D eigenvalue weighted by atomic mass is 32.2. The third-order valence-corrected chi connectivity index (χ3v) is 5.31. The number of nitrogens with one attached hydrogen (secondary N) is 1. The molecule has 140 valence electrons. The van der Waals surface area contributed by atoms with E-state index < -0.39 is 33.9 Å². The fourth-order valence-electron chi connectivity index (χ4n) is 2.28. The predicted octanol–water partition coefficient (Wildman–Crippen LogP) is 1.95. The van der Waals surface area contributed by atoms with Crippen molar-refractivity contribution in [1.82, 2.24) is 9.62 Å². The molecule has 25 heavy (non-hydrogen) atoms. The van der Waals surface area contributed by atoms with E-state index in [4.69, 9.17) is 0 Å². The van der Waals surface area contributed by atoms with E-state index in [1.165, 1.54) is 23.1 Å². The van der Waals surface area contributed by atoms with E-state index in [2.05, 4.69) is 4.72 Å². The van der Waals surface area contributed by atoms with E-state index in [-0.39, 0.29) is 10.5 Å². The number of carbonyl (C=O) groups excluding carboxylic acids is 1. The quantitative estimate of drug-likeness (QED) is 0.691. The van der Waals surface area contributed by atoms with Crippen LogP contribution >= 0.6 is 0 Å². The molecule has 0 spiro atoms. The molecule has 0 aliphatic rings. The monoisotopic (exact) mass is 370 g/mol. The molecule has 0 aliphatic carbocycles. The number of hydrogen-bond donors (Lipinski definition) is 2. The smallest absolute Gasteiger partial charge is 0.322 e. The van der Waals surface area contributed by atoms with E-state index in [9.17, 15) is 23.1 Å². The Hall–Kier alpha value is -1.93. The number of rotatable bonds is 9. The molecule has 0 saturated carbocycles. The van der Waals surface area contributed by atoms with E-state index in [0.717, 1.165) is 12.8 Å². The maximum absolute atomic E-state index is 12.7. The van der Waals surface area contributed by atoms with Crippen LogP contribution in [0.3, 0.4) is 0 Å². The minimum Gasteiger partial charge on any atom is -0.480 e. The van der Waals surface area contributed by atoms with Gasteiger partial charge < -0.3 is 10.0 Å². The molecule has 1 aromatic carbocycles. The fourth-order valence-corrected chi connectivity index (χ4v) is 3.82. The van der Waals surface area contributed by atoms with Crippen molar-refractivity contribution in [2.24, 2.45) is 5.92 Å². The van der Waals surface area contributed by atoms with Crippen LogP contribution in [0.5, 0.6) is 0 Å². The topological polar surface area (TPSA) is 104 Å². The molecule has 0 radical (unpaired) electrons. The van der Waals surface area contributed by atoms with Gasteiger partial charge in [-0.2, -0.15) is 4.72 Å². The van der Waals surface area contributed by atoms with Crippen molar-refractivity contribution in [3.05, 3.63) is 29.8 Å². The van der Waals surface area contributed by atoms with Crippen LogP contribution in [0, 0.1) is 5.92 Å². The Morgan fingerprint density at radius 3 is 2.36 bits per heavy atom. The second kappa shape index (κ2) is 8.96. The van der Waals surface area contributed by atoms with Gasteiger partial charge in [-0.25, -0.2) is 8.42 Å². The number of hydrogen-bond acceptors (Lipinski definition) is 4. The summed E-state index contributed by atoms with van der Waals surface area (Å²) in [5.74, 6) is -2.12. The molecule has 0 heterocycles. The molecule has 8 heteroatoms. The zero-order valence-corrected chi connectivity index (χ0v) is 15.8. The van der Waals surface area contributed by atoms with Crippen LogP contribution in [-0.2, 0) is 14.8 Å². The molecule has 1 atom stereocenters. The Bertz CT molecular complexity index is 716. The predicted molar refractivity (Wildman–Crippen MR) is 94.9 cm³/mol. The van der Waals surface area contributed by atoms with E-state index in [1.807, 2.05) is 6.92 Å². The first-order valence-electron chi connectivity index (χ1n) is 8.21. The number of aliphatic carboxylic acids is 1. The van der Waals surface area contributed by atoms with Gasteiger partial charge in [0, 0.05) is 13.6 Å². The van der Waals surface area contributed by atoms with Gasteiger partial charge in [0.25, 0.3) is 5.91 Å². The van der Waals surface area contributed by atoms with Gasteiger partial charge in [0.1, 0.15) is 6.04 Å². The zero-order valence-electron chi connectivity index (χ0n) is 15.0. The van der Waals surface area contributed by atoms with Crippen LogP contribution < -0.4 is 4.72 Å². The molecule has 1 rings (SSSR count). The lowest BCUT2D eigenvalue weighted by molar-refractivity contribution is -0.140. The number of unbranched alkanes of at least 4 members (excludes halogenated alkanes) is 1. The van der Waals surface area contributed by atoms with Gasteiger partial charge in [-0.05, 0) is 24.5 Å². The fraction of sp³-hybridized carbons (Fsp3) is 0.529. The first-order valence-corrected chi connectivity index (χ1v) is 9.69. The molecule has 1 aromatic rings. The number of nitrogens with zero attached hydrogens (tertiary/aromatic N) is 1. The summed E-state index contributed by atoms with van der Waals surface area (Å²) in [6, 6.07) is 4.55. The summed E-state index contributed by atoms with van der Waals surface area (Å²) in [6.45, 7) is 5.73. The van der Waals surface area contributed by atoms with Crippen LogP contribution in [0.15, 0.2) is 29.2 Å². The molecular weight excluding hydrogens is 344 g/mol. The van der Waals surface area contributed by atoms with Gasteiger partial charge in [-0.3, -0.25) is 9.59 Å². The number of sulfonamides is 1. The molecule has 0 aromatic heterocycles. The van der Waals surface area contributed by atoms with E-state index in [0.29, 0.717) is 6.54 Å². The van der Waals surface area contributed by atoms with Crippen LogP contribution in [-0.4, -0.2) is 49.9 Å². The lowest BCUT2D eigenvalue weighted by Gasteiger charge is -2.21. The third-order valence-electron chi connectivity index (χ3n) is 3.82. The molecule has 0 bridgehead atoms. The second-order valence-corrected chi connectivity index (χ2v) is 7.94. The van der Waals surface area contributed by atoms with Gasteiger partial charge in [0.05, 0.1) is 10.5 Å². The Morgan fingerprint density at radius 2 is 1.84 bits per heavy atom. The van der Waals surface area contributed by atoms with Crippen molar-refractivity contribution in [3.8, 4) is 0 Å². The zero-order chi connectivity index (χ0) is 19.2. The summed E-state index contributed by atoms with van der Waals surface area (Å²) in [5.41, 5.74) is 0.0292. The first kappa shape index (κ1) is 21.1. The van der Waals surface area contributed by atoms with Gasteiger partial charge in [0.15, 0.2) is 0 Å². The van der Waals surface area contributed by atoms with Crippen molar-refractivity contribution in [1.29, 1.82) is 0 Å². The van der Waals surface area contributed by atoms with Crippen molar-refractivity contribution in [3.63, 3.8) is 0 Å². The summed E-state index contributed by atoms with van der Waals surface area (Å²) < 4.78 is 27.5. The average Bonchev–Trinajstić information content (AvgIpc) is 2.56. The largest absolute Gasteiger partial charge is 0.480 e. The number of amides is 1. The number of carboxylic acids is 1. The van der Waals surface area contributed by atoms with Crippen molar-refractivity contribution >= 4 is 21.9 Å². The molecule has 2 N–H and O–H groups in total. The summed E-state index contributed by atoms with van der Waals surface area (Å²) in [4.78, 5) is 25.1. The van der Waals surface area contributed by atoms with E-state index >= 15 is 0 Å². The van der Waals surface area contributed by atoms with Crippen LogP contribution in [0.4, 0.5) is 0 Å². The normalized spacial score (nSPS) is 12.8. The summed E-state index contributed by atoms with van der Waals surface area (Å²) in [7, 11) is -2.54. The number of benzene rings is 1. The maximum Gasteiger partial charge on any atom is 0.322 e. The number of carboxylic acid groups (broad SMARTS) is 1. The lowest BCUT2D eigenvalue weighted by atomic mass is 10.1. The van der Waals surface area contributed by atoms with Gasteiger partial charge in [0.2, 0.25) is 10.0 Å². The van der Waals surface area contributed by atoms with Crippen molar-refractivity contribution in [2.75, 3.05) is 13.6 Å². The molecule has 7 nitrogen and oxygen atoms in total. The molecule has 0 fully saturated rings. The summed E-state index contributed by atoms with van der Waals surface area (Å²) in [6.07, 6.45) is 1.72. The Kier molecular flexibility index (Phi) is 7.57. The standard InChI is InChI=1S/C17H26N2O5S/c1-5-6-11-19(4)16(20)13-9-7-8-10-14(13)25(23,24)18-15(12(2)3)17(21)22/h7-10,12,15,18H,5-6,11H2,1-4H3,(H,21,22). The summed E-state index contributed by atoms with van der Waals surface area (Å²) in [5, 5.41) is 9.22. The van der Waals surface area contributed by atoms with Crippen LogP contribution in [0.25, 0.3) is 0 Å². The highest BCUT2D eigenvalue weighted by Gasteiger charge is 2.30. The minimum atomic E-state index is -4.16. The molecule has 0 saturated heterocycles. The lowest BCUT2D eigenvalue weighted by Crippen LogP contribution is -2.44. The van der Waals surface area contributed by atoms with Gasteiger partial charge in [-0.15, -0.1) is 0 Å². The summed E-state index contributed by atoms with van der Waals surface area (Å²) >= 11 is 0. The Labute approximate surface area is 149 Å². The van der Waals surface area contributed by atoms with Crippen molar-refractivity contribution < 1.29 is 23.1 Å².